The summed E-state index contributed by atoms with van der Waals surface area (Å²) in [6, 6.07) is 19.7. The molecular formula is C21H14FN3O. The summed E-state index contributed by atoms with van der Waals surface area (Å²) >= 11 is 0. The van der Waals surface area contributed by atoms with Gasteiger partial charge in [-0.2, -0.15) is 0 Å². The predicted molar refractivity (Wildman–Crippen MR) is 100.0 cm³/mol. The number of H-pyrrole nitrogens is 1. The number of fused-ring (bicyclic) bond motifs is 2. The van der Waals surface area contributed by atoms with Gasteiger partial charge in [-0.25, -0.2) is 9.37 Å². The van der Waals surface area contributed by atoms with E-state index in [1.807, 2.05) is 42.5 Å². The Balaban J connectivity index is 1.87. The Kier molecular flexibility index (Phi) is 3.09. The molecule has 0 fully saturated rings. The summed E-state index contributed by atoms with van der Waals surface area (Å²) in [5, 5.41) is 12.6. The summed E-state index contributed by atoms with van der Waals surface area (Å²) in [6.45, 7) is 0. The van der Waals surface area contributed by atoms with Crippen LogP contribution in [0.3, 0.4) is 0 Å². The fourth-order valence-electron chi connectivity index (χ4n) is 3.44. The average molecular weight is 343 g/mol. The van der Waals surface area contributed by atoms with Crippen LogP contribution in [0, 0.1) is 5.82 Å². The minimum atomic E-state index is -0.292. The quantitative estimate of drug-likeness (QED) is 0.473. The van der Waals surface area contributed by atoms with Crippen molar-refractivity contribution in [2.45, 2.75) is 0 Å². The van der Waals surface area contributed by atoms with Crippen LogP contribution >= 0.6 is 0 Å². The van der Waals surface area contributed by atoms with Gasteiger partial charge in [-0.15, -0.1) is 0 Å². The van der Waals surface area contributed by atoms with Gasteiger partial charge in [-0.3, -0.25) is 4.57 Å². The molecule has 0 aliphatic heterocycles. The second kappa shape index (κ2) is 5.46. The maximum atomic E-state index is 13.4. The molecule has 0 unspecified atom stereocenters. The van der Waals surface area contributed by atoms with E-state index in [1.165, 1.54) is 12.1 Å². The third-order valence-electron chi connectivity index (χ3n) is 4.64. The summed E-state index contributed by atoms with van der Waals surface area (Å²) in [5.74, 6) is -0.141. The SMILES string of the molecule is Oc1c2ccccc2c(-c2ccc(F)cc2)n1-c1ccc2nc[nH]c2c1. The van der Waals surface area contributed by atoms with Gasteiger partial charge in [-0.1, -0.05) is 18.2 Å². The van der Waals surface area contributed by atoms with Crippen LogP contribution < -0.4 is 0 Å². The van der Waals surface area contributed by atoms with Gasteiger partial charge in [0.2, 0.25) is 5.88 Å². The zero-order valence-electron chi connectivity index (χ0n) is 13.6. The number of halogens is 1. The van der Waals surface area contributed by atoms with Crippen LogP contribution in [0.5, 0.6) is 5.88 Å². The molecule has 0 atom stereocenters. The largest absolute Gasteiger partial charge is 0.494 e. The zero-order valence-corrected chi connectivity index (χ0v) is 13.6. The van der Waals surface area contributed by atoms with Gasteiger partial charge in [0, 0.05) is 10.8 Å². The highest BCUT2D eigenvalue weighted by Crippen LogP contribution is 2.40. The number of hydrogen-bond acceptors (Lipinski definition) is 2. The van der Waals surface area contributed by atoms with Crippen molar-refractivity contribution in [3.63, 3.8) is 0 Å². The first kappa shape index (κ1) is 14.7. The number of hydrogen-bond donors (Lipinski definition) is 2. The maximum absolute atomic E-state index is 13.4. The molecule has 2 aromatic heterocycles. The summed E-state index contributed by atoms with van der Waals surface area (Å²) in [4.78, 5) is 7.33. The second-order valence-electron chi connectivity index (χ2n) is 6.16. The molecule has 0 bridgehead atoms. The molecule has 0 radical (unpaired) electrons. The van der Waals surface area contributed by atoms with Gasteiger partial charge < -0.3 is 10.1 Å². The number of nitrogens with zero attached hydrogens (tertiary/aromatic N) is 2. The predicted octanol–water partition coefficient (Wildman–Crippen LogP) is 5.02. The Bertz CT molecular complexity index is 1250. The zero-order chi connectivity index (χ0) is 17.7. The van der Waals surface area contributed by atoms with Crippen molar-refractivity contribution in [3.8, 4) is 22.8 Å². The molecular weight excluding hydrogens is 329 g/mol. The molecule has 0 saturated carbocycles. The second-order valence-corrected chi connectivity index (χ2v) is 6.16. The van der Waals surface area contributed by atoms with E-state index in [1.54, 1.807) is 23.0 Å². The van der Waals surface area contributed by atoms with E-state index in [2.05, 4.69) is 9.97 Å². The first-order valence-corrected chi connectivity index (χ1v) is 8.24. The summed E-state index contributed by atoms with van der Waals surface area (Å²) in [7, 11) is 0. The van der Waals surface area contributed by atoms with E-state index >= 15 is 0 Å². The number of rotatable bonds is 2. The number of aromatic nitrogens is 3. The molecule has 4 nitrogen and oxygen atoms in total. The molecule has 5 rings (SSSR count). The van der Waals surface area contributed by atoms with Crippen LogP contribution in [0.25, 0.3) is 38.8 Å². The minimum Gasteiger partial charge on any atom is -0.494 e. The molecule has 0 amide bonds. The van der Waals surface area contributed by atoms with E-state index in [-0.39, 0.29) is 11.7 Å². The van der Waals surface area contributed by atoms with Crippen LogP contribution in [0.4, 0.5) is 4.39 Å². The molecule has 3 aromatic carbocycles. The lowest BCUT2D eigenvalue weighted by Gasteiger charge is -2.11. The number of imidazole rings is 1. The van der Waals surface area contributed by atoms with Gasteiger partial charge in [0.25, 0.3) is 0 Å². The topological polar surface area (TPSA) is 53.8 Å². The number of aromatic amines is 1. The van der Waals surface area contributed by atoms with Crippen LogP contribution in [0.15, 0.2) is 73.1 Å². The van der Waals surface area contributed by atoms with Crippen LogP contribution in [-0.2, 0) is 0 Å². The van der Waals surface area contributed by atoms with Crippen molar-refractivity contribution in [2.24, 2.45) is 0 Å². The van der Waals surface area contributed by atoms with E-state index < -0.39 is 0 Å². The smallest absolute Gasteiger partial charge is 0.204 e. The van der Waals surface area contributed by atoms with E-state index in [0.717, 1.165) is 38.8 Å². The summed E-state index contributed by atoms with van der Waals surface area (Å²) < 4.78 is 15.2. The van der Waals surface area contributed by atoms with E-state index in [0.29, 0.717) is 0 Å². The van der Waals surface area contributed by atoms with Gasteiger partial charge in [0.15, 0.2) is 0 Å². The van der Waals surface area contributed by atoms with E-state index in [9.17, 15) is 9.50 Å². The van der Waals surface area contributed by atoms with Gasteiger partial charge >= 0.3 is 0 Å². The third kappa shape index (κ3) is 2.10. The van der Waals surface area contributed by atoms with Crippen molar-refractivity contribution in [2.75, 3.05) is 0 Å². The maximum Gasteiger partial charge on any atom is 0.204 e. The fraction of sp³-hybridized carbons (Fsp3) is 0. The Hall–Kier alpha value is -3.60. The third-order valence-corrected chi connectivity index (χ3v) is 4.64. The fourth-order valence-corrected chi connectivity index (χ4v) is 3.44. The van der Waals surface area contributed by atoms with Gasteiger partial charge in [0.1, 0.15) is 5.82 Å². The molecule has 5 heteroatoms. The highest BCUT2D eigenvalue weighted by atomic mass is 19.1. The van der Waals surface area contributed by atoms with Crippen LogP contribution in [-0.4, -0.2) is 19.6 Å². The molecule has 2 heterocycles. The first-order chi connectivity index (χ1) is 12.7. The summed E-state index contributed by atoms with van der Waals surface area (Å²) in [6.07, 6.45) is 1.64. The molecule has 0 spiro atoms. The van der Waals surface area contributed by atoms with Gasteiger partial charge in [-0.05, 0) is 54.1 Å². The lowest BCUT2D eigenvalue weighted by Crippen LogP contribution is -1.96. The Labute approximate surface area is 148 Å². The Morgan fingerprint density at radius 2 is 1.69 bits per heavy atom. The normalized spacial score (nSPS) is 11.4. The average Bonchev–Trinajstić information content (AvgIpc) is 3.25. The molecule has 0 aliphatic rings. The molecule has 126 valence electrons. The standard InChI is InChI=1S/C21H14FN3O/c22-14-7-5-13(6-8-14)20-16-3-1-2-4-17(16)21(26)25(20)15-9-10-18-19(11-15)24-12-23-18/h1-12,26H,(H,23,24). The monoisotopic (exact) mass is 343 g/mol. The van der Waals surface area contributed by atoms with Crippen molar-refractivity contribution in [3.05, 3.63) is 78.9 Å². The van der Waals surface area contributed by atoms with E-state index in [4.69, 9.17) is 0 Å². The molecule has 0 saturated heterocycles. The lowest BCUT2D eigenvalue weighted by atomic mass is 10.1. The van der Waals surface area contributed by atoms with Crippen molar-refractivity contribution in [1.29, 1.82) is 0 Å². The van der Waals surface area contributed by atoms with Crippen LogP contribution in [0.1, 0.15) is 0 Å². The molecule has 0 aliphatic carbocycles. The van der Waals surface area contributed by atoms with Gasteiger partial charge in [0.05, 0.1) is 28.7 Å². The molecule has 26 heavy (non-hydrogen) atoms. The van der Waals surface area contributed by atoms with Crippen molar-refractivity contribution >= 4 is 21.8 Å². The number of benzene rings is 3. The minimum absolute atomic E-state index is 0.152. The highest BCUT2D eigenvalue weighted by Gasteiger charge is 2.19. The summed E-state index contributed by atoms with van der Waals surface area (Å²) in [5.41, 5.74) is 4.18. The van der Waals surface area contributed by atoms with Crippen molar-refractivity contribution < 1.29 is 9.50 Å². The van der Waals surface area contributed by atoms with Crippen molar-refractivity contribution in [1.82, 2.24) is 14.5 Å². The highest BCUT2D eigenvalue weighted by molar-refractivity contribution is 6.01. The Morgan fingerprint density at radius 1 is 0.923 bits per heavy atom. The molecule has 2 N–H and O–H groups in total. The van der Waals surface area contributed by atoms with Crippen LogP contribution in [0.2, 0.25) is 0 Å². The number of nitrogens with one attached hydrogen (secondary N) is 1. The first-order valence-electron chi connectivity index (χ1n) is 8.24. The Morgan fingerprint density at radius 3 is 2.50 bits per heavy atom. The number of aromatic hydroxyl groups is 1. The molecule has 5 aromatic rings. The lowest BCUT2D eigenvalue weighted by molar-refractivity contribution is 0.449.